The van der Waals surface area contributed by atoms with Crippen molar-refractivity contribution >= 4 is 19.6 Å². The summed E-state index contributed by atoms with van der Waals surface area (Å²) in [5.41, 5.74) is 0. The Labute approximate surface area is 77.9 Å². The third kappa shape index (κ3) is 2.46. The van der Waals surface area contributed by atoms with Crippen molar-refractivity contribution in [3.05, 3.63) is 0 Å². The molecule has 0 aromatic rings. The van der Waals surface area contributed by atoms with Crippen LogP contribution in [0.4, 0.5) is 9.59 Å². The maximum atomic E-state index is 9.75. The molecule has 1 aliphatic rings. The van der Waals surface area contributed by atoms with Gasteiger partial charge in [-0.25, -0.2) is 4.79 Å². The zero-order valence-corrected chi connectivity index (χ0v) is 7.03. The topological polar surface area (TPSA) is 84.9 Å². The van der Waals surface area contributed by atoms with E-state index in [-0.39, 0.29) is 29.6 Å². The fraction of sp³-hybridized carbons (Fsp3) is 0. The van der Waals surface area contributed by atoms with Crippen LogP contribution in [0.3, 0.4) is 0 Å². The molecule has 1 fully saturated rings. The van der Waals surface area contributed by atoms with E-state index in [1.165, 1.54) is 0 Å². The van der Waals surface area contributed by atoms with Crippen LogP contribution < -0.4 is 34.7 Å². The van der Waals surface area contributed by atoms with Crippen molar-refractivity contribution in [3.63, 3.8) is 0 Å². The number of carbonyl (C=O) groups excluding carboxylic acids is 2. The van der Waals surface area contributed by atoms with Gasteiger partial charge in [-0.15, -0.1) is 0 Å². The van der Waals surface area contributed by atoms with Gasteiger partial charge in [0.1, 0.15) is 0 Å². The standard InChI is InChI=1S/C2HBO6.Na/c4-1(5)7-3-8-2(6)9-3;/h(H,4,5);/q;+1/p-1. The Balaban J connectivity index is 0.000000810. The molecule has 0 aromatic heterocycles. The Kier molecular flexibility index (Phi) is 3.55. The van der Waals surface area contributed by atoms with Crippen LogP contribution in [-0.2, 0) is 14.0 Å². The van der Waals surface area contributed by atoms with Crippen molar-refractivity contribution in [1.82, 2.24) is 0 Å². The van der Waals surface area contributed by atoms with E-state index in [4.69, 9.17) is 0 Å². The van der Waals surface area contributed by atoms with Crippen molar-refractivity contribution in [2.75, 3.05) is 0 Å². The molecule has 6 nitrogen and oxygen atoms in total. The minimum Gasteiger partial charge on any atom is -0.531 e. The Bertz CT molecular complexity index is 150. The van der Waals surface area contributed by atoms with E-state index in [2.05, 4.69) is 14.0 Å². The summed E-state index contributed by atoms with van der Waals surface area (Å²) in [6.45, 7) is 0. The van der Waals surface area contributed by atoms with E-state index in [1.54, 1.807) is 0 Å². The molecule has 1 saturated heterocycles. The van der Waals surface area contributed by atoms with Crippen LogP contribution in [0, 0.1) is 0 Å². The van der Waals surface area contributed by atoms with Gasteiger partial charge in [0.25, 0.3) is 0 Å². The maximum Gasteiger partial charge on any atom is 1.00 e. The van der Waals surface area contributed by atoms with Gasteiger partial charge >= 0.3 is 43.0 Å². The molecule has 0 saturated carbocycles. The number of hydrogen-bond donors (Lipinski definition) is 0. The predicted molar refractivity (Wildman–Crippen MR) is 19.8 cm³/mol. The van der Waals surface area contributed by atoms with Gasteiger partial charge in [0, 0.05) is 0 Å². The molecule has 0 N–H and O–H groups in total. The van der Waals surface area contributed by atoms with E-state index in [0.29, 0.717) is 0 Å². The molecule has 1 heterocycles. The van der Waals surface area contributed by atoms with E-state index in [0.717, 1.165) is 0 Å². The van der Waals surface area contributed by atoms with Crippen LogP contribution >= 0.6 is 0 Å². The normalized spacial score (nSPS) is 13.6. The molecule has 0 bridgehead atoms. The van der Waals surface area contributed by atoms with Gasteiger partial charge in [0.05, 0.1) is 0 Å². The molecule has 10 heavy (non-hydrogen) atoms. The first kappa shape index (κ1) is 9.60. The van der Waals surface area contributed by atoms with Crippen molar-refractivity contribution in [3.8, 4) is 0 Å². The van der Waals surface area contributed by atoms with Gasteiger partial charge in [-0.05, 0) is 0 Å². The van der Waals surface area contributed by atoms with Crippen molar-refractivity contribution < 1.29 is 58.2 Å². The van der Waals surface area contributed by atoms with Gasteiger partial charge in [0.15, 0.2) is 0 Å². The molecule has 1 rings (SSSR count). The smallest absolute Gasteiger partial charge is 0.531 e. The largest absolute Gasteiger partial charge is 1.00 e. The van der Waals surface area contributed by atoms with Crippen molar-refractivity contribution in [1.29, 1.82) is 0 Å². The molecule has 1 aliphatic heterocycles. The molecule has 0 unspecified atom stereocenters. The van der Waals surface area contributed by atoms with Crippen molar-refractivity contribution in [2.24, 2.45) is 0 Å². The van der Waals surface area contributed by atoms with E-state index in [1.807, 2.05) is 0 Å². The zero-order valence-electron chi connectivity index (χ0n) is 5.03. The van der Waals surface area contributed by atoms with Crippen molar-refractivity contribution in [2.45, 2.75) is 0 Å². The summed E-state index contributed by atoms with van der Waals surface area (Å²) in [5, 5.41) is 9.50. The first-order valence-electron chi connectivity index (χ1n) is 1.93. The van der Waals surface area contributed by atoms with Crippen LogP contribution in [0.1, 0.15) is 0 Å². The molecule has 0 amide bonds. The zero-order chi connectivity index (χ0) is 6.85. The Morgan fingerprint density at radius 1 is 1.60 bits per heavy atom. The predicted octanol–water partition coefficient (Wildman–Crippen LogP) is -4.50. The second-order valence-corrected chi connectivity index (χ2v) is 1.14. The van der Waals surface area contributed by atoms with E-state index in [9.17, 15) is 14.7 Å². The fourth-order valence-corrected chi connectivity index (χ4v) is 0.293. The summed E-state index contributed by atoms with van der Waals surface area (Å²) in [5.74, 6) is 0. The van der Waals surface area contributed by atoms with E-state index >= 15 is 0 Å². The molecular weight excluding hydrogens is 154 g/mol. The van der Waals surface area contributed by atoms with E-state index < -0.39 is 19.6 Å². The quantitative estimate of drug-likeness (QED) is 0.354. The first-order chi connectivity index (χ1) is 4.18. The first-order valence-corrected chi connectivity index (χ1v) is 1.93. The third-order valence-corrected chi connectivity index (χ3v) is 0.577. The molecular formula is C2BNaO6. The van der Waals surface area contributed by atoms with Crippen LogP contribution in [0.25, 0.3) is 0 Å². The second-order valence-electron chi connectivity index (χ2n) is 1.14. The summed E-state index contributed by atoms with van der Waals surface area (Å²) in [4.78, 5) is 19.3. The van der Waals surface area contributed by atoms with Gasteiger partial charge in [-0.2, -0.15) is 0 Å². The monoisotopic (exact) mass is 154 g/mol. The van der Waals surface area contributed by atoms with Gasteiger partial charge < -0.3 is 23.9 Å². The molecule has 0 aliphatic carbocycles. The summed E-state index contributed by atoms with van der Waals surface area (Å²) < 4.78 is 11.6. The van der Waals surface area contributed by atoms with Crippen LogP contribution in [0.15, 0.2) is 0 Å². The molecule has 0 radical (unpaired) electrons. The average Bonchev–Trinajstić information content (AvgIpc) is 1.60. The number of hydrogen-bond acceptors (Lipinski definition) is 6. The summed E-state index contributed by atoms with van der Waals surface area (Å²) >= 11 is 0. The second kappa shape index (κ2) is 3.70. The molecule has 48 valence electrons. The number of carboxylic acid groups (broad SMARTS) is 1. The van der Waals surface area contributed by atoms with Gasteiger partial charge in [-0.3, -0.25) is 0 Å². The van der Waals surface area contributed by atoms with Crippen LogP contribution in [0.2, 0.25) is 0 Å². The molecule has 0 spiro atoms. The third-order valence-electron chi connectivity index (χ3n) is 0.577. The molecule has 0 atom stereocenters. The molecule has 8 heteroatoms. The number of rotatable bonds is 1. The van der Waals surface area contributed by atoms with Gasteiger partial charge in [-0.1, -0.05) is 0 Å². The Morgan fingerprint density at radius 2 is 2.10 bits per heavy atom. The Morgan fingerprint density at radius 3 is 2.40 bits per heavy atom. The minimum absolute atomic E-state index is 0. The van der Waals surface area contributed by atoms with Crippen LogP contribution in [0.5, 0.6) is 0 Å². The average molecular weight is 154 g/mol. The minimum atomic E-state index is -1.80. The van der Waals surface area contributed by atoms with Gasteiger partial charge in [0.2, 0.25) is 6.16 Å². The molecule has 0 aromatic carbocycles. The summed E-state index contributed by atoms with van der Waals surface area (Å²) in [6.07, 6.45) is -2.76. The fourth-order valence-electron chi connectivity index (χ4n) is 0.293. The Hall–Kier alpha value is -0.395. The maximum absolute atomic E-state index is 9.75. The van der Waals surface area contributed by atoms with Crippen LogP contribution in [-0.4, -0.2) is 19.6 Å². The number of carbonyl (C=O) groups is 2. The summed E-state index contributed by atoms with van der Waals surface area (Å²) in [6, 6.07) is 0. The SMILES string of the molecule is O=C([O-])OB1OC(=O)O1.[Na+]. The summed E-state index contributed by atoms with van der Waals surface area (Å²) in [7, 11) is -1.43.